The van der Waals surface area contributed by atoms with Gasteiger partial charge in [-0.3, -0.25) is 0 Å². The lowest BCUT2D eigenvalue weighted by Crippen LogP contribution is -2.42. The zero-order valence-electron chi connectivity index (χ0n) is 10.6. The minimum atomic E-state index is 0.881. The quantitative estimate of drug-likeness (QED) is 0.787. The van der Waals surface area contributed by atoms with Crippen molar-refractivity contribution in [2.75, 3.05) is 26.7 Å². The Labute approximate surface area is 99.8 Å². The maximum atomic E-state index is 3.88. The number of nitrogens with zero attached hydrogens (tertiary/aromatic N) is 1. The highest BCUT2D eigenvalue weighted by Gasteiger charge is 2.39. The third kappa shape index (κ3) is 2.28. The minimum Gasteiger partial charge on any atom is -0.313 e. The summed E-state index contributed by atoms with van der Waals surface area (Å²) >= 11 is 0. The van der Waals surface area contributed by atoms with Gasteiger partial charge in [0.05, 0.1) is 0 Å². The van der Waals surface area contributed by atoms with E-state index in [0.717, 1.165) is 23.8 Å². The van der Waals surface area contributed by atoms with Gasteiger partial charge in [-0.15, -0.1) is 0 Å². The Morgan fingerprint density at radius 2 is 2.12 bits per heavy atom. The summed E-state index contributed by atoms with van der Waals surface area (Å²) in [6.45, 7) is 3.90. The lowest BCUT2D eigenvalue weighted by Gasteiger charge is -2.32. The predicted molar refractivity (Wildman–Crippen MR) is 67.5 cm³/mol. The Bertz CT molecular complexity index is 241. The van der Waals surface area contributed by atoms with Crippen molar-refractivity contribution in [3.63, 3.8) is 0 Å². The molecule has 3 aliphatic rings. The Morgan fingerprint density at radius 3 is 2.81 bits per heavy atom. The molecule has 3 fully saturated rings. The molecule has 16 heavy (non-hydrogen) atoms. The average Bonchev–Trinajstić information content (AvgIpc) is 2.88. The van der Waals surface area contributed by atoms with Gasteiger partial charge < -0.3 is 10.2 Å². The summed E-state index contributed by atoms with van der Waals surface area (Å²) in [5, 5.41) is 3.88. The Balaban J connectivity index is 1.42. The molecule has 0 amide bonds. The highest BCUT2D eigenvalue weighted by molar-refractivity contribution is 4.94. The molecule has 0 spiro atoms. The fourth-order valence-electron chi connectivity index (χ4n) is 4.25. The summed E-state index contributed by atoms with van der Waals surface area (Å²) in [6.07, 6.45) is 8.88. The number of fused-ring (bicyclic) bond motifs is 2. The number of piperidine rings is 1. The molecule has 4 unspecified atom stereocenters. The summed E-state index contributed by atoms with van der Waals surface area (Å²) in [7, 11) is 2.27. The molecular formula is C14H26N2. The summed E-state index contributed by atoms with van der Waals surface area (Å²) in [5.41, 5.74) is 0. The molecule has 0 aromatic carbocycles. The van der Waals surface area contributed by atoms with E-state index in [0.29, 0.717) is 0 Å². The molecule has 2 nitrogen and oxygen atoms in total. The number of hydrogen-bond donors (Lipinski definition) is 1. The molecule has 92 valence electrons. The van der Waals surface area contributed by atoms with Crippen LogP contribution in [0.2, 0.25) is 0 Å². The van der Waals surface area contributed by atoms with Gasteiger partial charge in [0.15, 0.2) is 0 Å². The summed E-state index contributed by atoms with van der Waals surface area (Å²) in [4.78, 5) is 2.50. The molecule has 1 heterocycles. The zero-order valence-corrected chi connectivity index (χ0v) is 10.6. The van der Waals surface area contributed by atoms with Crippen molar-refractivity contribution in [3.8, 4) is 0 Å². The summed E-state index contributed by atoms with van der Waals surface area (Å²) in [5.74, 6) is 3.03. The van der Waals surface area contributed by atoms with E-state index in [1.165, 1.54) is 58.2 Å². The molecule has 4 atom stereocenters. The van der Waals surface area contributed by atoms with E-state index >= 15 is 0 Å². The van der Waals surface area contributed by atoms with Crippen LogP contribution in [0.15, 0.2) is 0 Å². The van der Waals surface area contributed by atoms with Crippen LogP contribution in [-0.4, -0.2) is 37.6 Å². The predicted octanol–water partition coefficient (Wildman–Crippen LogP) is 2.11. The smallest absolute Gasteiger partial charge is 0.00981 e. The van der Waals surface area contributed by atoms with Crippen LogP contribution in [0.3, 0.4) is 0 Å². The van der Waals surface area contributed by atoms with E-state index in [4.69, 9.17) is 0 Å². The molecular weight excluding hydrogens is 196 g/mol. The van der Waals surface area contributed by atoms with Crippen LogP contribution in [0.5, 0.6) is 0 Å². The Hall–Kier alpha value is -0.0800. The van der Waals surface area contributed by atoms with Crippen molar-refractivity contribution in [2.24, 2.45) is 17.8 Å². The van der Waals surface area contributed by atoms with Gasteiger partial charge in [0.25, 0.3) is 0 Å². The van der Waals surface area contributed by atoms with E-state index in [9.17, 15) is 0 Å². The van der Waals surface area contributed by atoms with Gasteiger partial charge in [-0.2, -0.15) is 0 Å². The maximum Gasteiger partial charge on any atom is 0.00981 e. The third-order valence-electron chi connectivity index (χ3n) is 5.13. The zero-order chi connectivity index (χ0) is 11.0. The van der Waals surface area contributed by atoms with Crippen LogP contribution in [0.25, 0.3) is 0 Å². The molecule has 3 rings (SSSR count). The van der Waals surface area contributed by atoms with Crippen molar-refractivity contribution in [3.05, 3.63) is 0 Å². The Kier molecular flexibility index (Phi) is 3.21. The van der Waals surface area contributed by atoms with Crippen molar-refractivity contribution >= 4 is 0 Å². The normalized spacial score (nSPS) is 44.1. The minimum absolute atomic E-state index is 0.881. The fourth-order valence-corrected chi connectivity index (χ4v) is 4.25. The second-order valence-electron chi connectivity index (χ2n) is 6.46. The van der Waals surface area contributed by atoms with E-state index in [2.05, 4.69) is 17.3 Å². The van der Waals surface area contributed by atoms with Gasteiger partial charge in [0.2, 0.25) is 0 Å². The second-order valence-corrected chi connectivity index (χ2v) is 6.46. The van der Waals surface area contributed by atoms with Gasteiger partial charge in [0.1, 0.15) is 0 Å². The summed E-state index contributed by atoms with van der Waals surface area (Å²) < 4.78 is 0. The molecule has 2 saturated carbocycles. The molecule has 0 aromatic rings. The molecule has 1 saturated heterocycles. The lowest BCUT2D eigenvalue weighted by molar-refractivity contribution is 0.197. The number of rotatable bonds is 3. The molecule has 1 aliphatic heterocycles. The fraction of sp³-hybridized carbons (Fsp3) is 1.00. The highest BCUT2D eigenvalue weighted by atomic mass is 15.1. The summed E-state index contributed by atoms with van der Waals surface area (Å²) in [6, 6.07) is 0.881. The van der Waals surface area contributed by atoms with Crippen LogP contribution in [-0.2, 0) is 0 Å². The van der Waals surface area contributed by atoms with Gasteiger partial charge >= 0.3 is 0 Å². The van der Waals surface area contributed by atoms with Crippen LogP contribution in [0, 0.1) is 17.8 Å². The lowest BCUT2D eigenvalue weighted by atomic mass is 9.93. The first-order chi connectivity index (χ1) is 7.81. The van der Waals surface area contributed by atoms with E-state index in [1.807, 2.05) is 0 Å². The molecule has 2 bridgehead atoms. The first-order valence-corrected chi connectivity index (χ1v) is 7.23. The van der Waals surface area contributed by atoms with Gasteiger partial charge in [-0.05, 0) is 70.0 Å². The van der Waals surface area contributed by atoms with Crippen molar-refractivity contribution in [2.45, 2.75) is 44.6 Å². The second kappa shape index (κ2) is 4.66. The van der Waals surface area contributed by atoms with Crippen LogP contribution < -0.4 is 5.32 Å². The first kappa shape index (κ1) is 11.0. The molecule has 2 heteroatoms. The average molecular weight is 222 g/mol. The highest BCUT2D eigenvalue weighted by Crippen LogP contribution is 2.44. The standard InChI is InChI=1S/C14H26N2/c1-16-6-2-3-12(10-16)9-15-14-8-11-4-5-13(14)7-11/h11-15H,2-10H2,1H3. The third-order valence-corrected chi connectivity index (χ3v) is 5.13. The SMILES string of the molecule is CN1CCCC(CNC2CC3CCC2C3)C1. The monoisotopic (exact) mass is 222 g/mol. The number of likely N-dealkylation sites (tertiary alicyclic amines) is 1. The van der Waals surface area contributed by atoms with E-state index < -0.39 is 0 Å². The van der Waals surface area contributed by atoms with Crippen molar-refractivity contribution in [1.82, 2.24) is 10.2 Å². The van der Waals surface area contributed by atoms with E-state index in [-0.39, 0.29) is 0 Å². The number of hydrogen-bond acceptors (Lipinski definition) is 2. The van der Waals surface area contributed by atoms with Crippen LogP contribution in [0.1, 0.15) is 38.5 Å². The topological polar surface area (TPSA) is 15.3 Å². The van der Waals surface area contributed by atoms with Gasteiger partial charge in [-0.25, -0.2) is 0 Å². The largest absolute Gasteiger partial charge is 0.313 e. The maximum absolute atomic E-state index is 3.88. The van der Waals surface area contributed by atoms with Crippen molar-refractivity contribution < 1.29 is 0 Å². The molecule has 0 aromatic heterocycles. The van der Waals surface area contributed by atoms with E-state index in [1.54, 1.807) is 0 Å². The Morgan fingerprint density at radius 1 is 1.19 bits per heavy atom. The first-order valence-electron chi connectivity index (χ1n) is 7.23. The molecule has 2 aliphatic carbocycles. The van der Waals surface area contributed by atoms with Crippen LogP contribution in [0.4, 0.5) is 0 Å². The van der Waals surface area contributed by atoms with Gasteiger partial charge in [0, 0.05) is 12.6 Å². The van der Waals surface area contributed by atoms with Crippen molar-refractivity contribution in [1.29, 1.82) is 0 Å². The number of nitrogens with one attached hydrogen (secondary N) is 1. The van der Waals surface area contributed by atoms with Gasteiger partial charge in [-0.1, -0.05) is 6.42 Å². The molecule has 1 N–H and O–H groups in total. The van der Waals surface area contributed by atoms with Crippen LogP contribution >= 0.6 is 0 Å². The molecule has 0 radical (unpaired) electrons.